The normalized spacial score (nSPS) is 16.9. The Hall–Kier alpha value is -3.30. The van der Waals surface area contributed by atoms with Gasteiger partial charge in [0.15, 0.2) is 0 Å². The fraction of sp³-hybridized carbons (Fsp3) is 0.0435. The molecule has 0 fully saturated rings. The van der Waals surface area contributed by atoms with Gasteiger partial charge >= 0.3 is 0 Å². The predicted molar refractivity (Wildman–Crippen MR) is 102 cm³/mol. The Labute approximate surface area is 147 Å². The van der Waals surface area contributed by atoms with Gasteiger partial charge in [-0.05, 0) is 39.8 Å². The minimum atomic E-state index is -0.612. The SMILES string of the molecule is Oc1cc2oc3ccccc3c2c2c1=c1c(ccc3c1=CC(O)C=C3)C=2. The molecule has 1 heterocycles. The third-order valence-corrected chi connectivity index (χ3v) is 5.36. The lowest BCUT2D eigenvalue weighted by Crippen LogP contribution is -2.18. The highest BCUT2D eigenvalue weighted by atomic mass is 16.3. The fourth-order valence-electron chi connectivity index (χ4n) is 4.27. The van der Waals surface area contributed by atoms with Gasteiger partial charge in [0.2, 0.25) is 0 Å². The molecular weight excluding hydrogens is 324 g/mol. The zero-order valence-corrected chi connectivity index (χ0v) is 13.7. The summed E-state index contributed by atoms with van der Waals surface area (Å²) in [5.41, 5.74) is 3.59. The van der Waals surface area contributed by atoms with Gasteiger partial charge in [-0.1, -0.05) is 42.5 Å². The second-order valence-electron chi connectivity index (χ2n) is 6.85. The van der Waals surface area contributed by atoms with E-state index in [1.165, 1.54) is 0 Å². The molecule has 0 saturated heterocycles. The molecule has 2 N–H and O–H groups in total. The Morgan fingerprint density at radius 3 is 2.65 bits per heavy atom. The lowest BCUT2D eigenvalue weighted by atomic mass is 9.99. The van der Waals surface area contributed by atoms with Crippen LogP contribution < -0.4 is 10.4 Å². The molecule has 124 valence electrons. The number of phenolic OH excluding ortho intramolecular Hbond substituents is 1. The number of aromatic hydroxyl groups is 1. The molecule has 0 aliphatic heterocycles. The minimum absolute atomic E-state index is 0.201. The van der Waals surface area contributed by atoms with E-state index in [0.717, 1.165) is 48.4 Å². The van der Waals surface area contributed by atoms with E-state index in [0.29, 0.717) is 5.58 Å². The molecule has 0 amide bonds. The molecule has 3 heteroatoms. The van der Waals surface area contributed by atoms with E-state index in [1.54, 1.807) is 12.1 Å². The van der Waals surface area contributed by atoms with Crippen molar-refractivity contribution < 1.29 is 14.6 Å². The first-order chi connectivity index (χ1) is 12.7. The Morgan fingerprint density at radius 2 is 1.73 bits per heavy atom. The highest BCUT2D eigenvalue weighted by molar-refractivity contribution is 6.06. The van der Waals surface area contributed by atoms with Crippen LogP contribution >= 0.6 is 0 Å². The van der Waals surface area contributed by atoms with Crippen molar-refractivity contribution in [1.82, 2.24) is 0 Å². The van der Waals surface area contributed by atoms with Crippen molar-refractivity contribution in [2.24, 2.45) is 0 Å². The van der Waals surface area contributed by atoms with Crippen LogP contribution in [0, 0.1) is 10.4 Å². The van der Waals surface area contributed by atoms with Gasteiger partial charge in [-0.25, -0.2) is 0 Å². The van der Waals surface area contributed by atoms with Crippen LogP contribution in [-0.2, 0) is 0 Å². The lowest BCUT2D eigenvalue weighted by Gasteiger charge is -2.08. The van der Waals surface area contributed by atoms with Crippen LogP contribution in [0.15, 0.2) is 53.0 Å². The van der Waals surface area contributed by atoms with E-state index < -0.39 is 6.10 Å². The maximum Gasteiger partial charge on any atom is 0.139 e. The molecule has 2 aliphatic rings. The number of rotatable bonds is 0. The Kier molecular flexibility index (Phi) is 2.49. The Bertz CT molecular complexity index is 1500. The molecular formula is C23H14O3. The molecule has 1 atom stereocenters. The predicted octanol–water partition coefficient (Wildman–Crippen LogP) is 2.89. The highest BCUT2D eigenvalue weighted by Gasteiger charge is 2.17. The number of hydrogen-bond acceptors (Lipinski definition) is 3. The number of aliphatic hydroxyl groups excluding tert-OH is 1. The third kappa shape index (κ3) is 1.65. The molecule has 26 heavy (non-hydrogen) atoms. The zero-order valence-electron chi connectivity index (χ0n) is 13.7. The van der Waals surface area contributed by atoms with Gasteiger partial charge in [-0.3, -0.25) is 0 Å². The summed E-state index contributed by atoms with van der Waals surface area (Å²) in [7, 11) is 0. The molecule has 0 spiro atoms. The number of benzene rings is 3. The number of hydrogen-bond donors (Lipinski definition) is 2. The van der Waals surface area contributed by atoms with Gasteiger partial charge in [0.25, 0.3) is 0 Å². The molecule has 2 aliphatic carbocycles. The van der Waals surface area contributed by atoms with E-state index in [1.807, 2.05) is 36.4 Å². The highest BCUT2D eigenvalue weighted by Crippen LogP contribution is 2.30. The van der Waals surface area contributed by atoms with Crippen LogP contribution in [0.3, 0.4) is 0 Å². The van der Waals surface area contributed by atoms with Crippen molar-refractivity contribution in [2.75, 3.05) is 0 Å². The van der Waals surface area contributed by atoms with Gasteiger partial charge < -0.3 is 14.6 Å². The number of furan rings is 1. The van der Waals surface area contributed by atoms with Crippen LogP contribution in [0.25, 0.3) is 40.2 Å². The molecule has 3 aromatic carbocycles. The van der Waals surface area contributed by atoms with E-state index in [2.05, 4.69) is 18.2 Å². The summed E-state index contributed by atoms with van der Waals surface area (Å²) in [6.45, 7) is 0. The van der Waals surface area contributed by atoms with Gasteiger partial charge in [-0.2, -0.15) is 0 Å². The zero-order chi connectivity index (χ0) is 17.4. The number of fused-ring (bicyclic) bond motifs is 8. The number of phenols is 1. The third-order valence-electron chi connectivity index (χ3n) is 5.36. The first-order valence-corrected chi connectivity index (χ1v) is 8.61. The Morgan fingerprint density at radius 1 is 0.885 bits per heavy atom. The van der Waals surface area contributed by atoms with Crippen molar-refractivity contribution in [1.29, 1.82) is 0 Å². The van der Waals surface area contributed by atoms with Gasteiger partial charge in [0.1, 0.15) is 16.9 Å². The molecule has 6 rings (SSSR count). The van der Waals surface area contributed by atoms with Crippen molar-refractivity contribution in [3.8, 4) is 5.75 Å². The quantitative estimate of drug-likeness (QED) is 0.456. The molecule has 3 nitrogen and oxygen atoms in total. The van der Waals surface area contributed by atoms with Crippen LogP contribution in [0.4, 0.5) is 0 Å². The first-order valence-electron chi connectivity index (χ1n) is 8.61. The van der Waals surface area contributed by atoms with Gasteiger partial charge in [-0.15, -0.1) is 0 Å². The summed E-state index contributed by atoms with van der Waals surface area (Å²) < 4.78 is 5.95. The fourth-order valence-corrected chi connectivity index (χ4v) is 4.27. The van der Waals surface area contributed by atoms with Crippen LogP contribution in [-0.4, -0.2) is 16.3 Å². The minimum Gasteiger partial charge on any atom is -0.507 e. The molecule has 1 aromatic heterocycles. The van der Waals surface area contributed by atoms with E-state index in [-0.39, 0.29) is 5.75 Å². The summed E-state index contributed by atoms with van der Waals surface area (Å²) >= 11 is 0. The molecule has 0 saturated carbocycles. The number of para-hydroxylation sites is 1. The van der Waals surface area contributed by atoms with Crippen LogP contribution in [0.2, 0.25) is 0 Å². The second-order valence-corrected chi connectivity index (χ2v) is 6.85. The van der Waals surface area contributed by atoms with Crippen molar-refractivity contribution >= 4 is 40.2 Å². The van der Waals surface area contributed by atoms with Crippen molar-refractivity contribution in [3.63, 3.8) is 0 Å². The Balaban J connectivity index is 1.96. The van der Waals surface area contributed by atoms with Gasteiger partial charge in [0.05, 0.1) is 6.10 Å². The second kappa shape index (κ2) is 4.65. The van der Waals surface area contributed by atoms with Crippen LogP contribution in [0.5, 0.6) is 5.75 Å². The lowest BCUT2D eigenvalue weighted by molar-refractivity contribution is 0.286. The maximum absolute atomic E-state index is 10.8. The van der Waals surface area contributed by atoms with Gasteiger partial charge in [0, 0.05) is 27.3 Å². The van der Waals surface area contributed by atoms with E-state index in [9.17, 15) is 10.2 Å². The molecule has 0 bridgehead atoms. The van der Waals surface area contributed by atoms with E-state index >= 15 is 0 Å². The summed E-state index contributed by atoms with van der Waals surface area (Å²) in [4.78, 5) is 0. The van der Waals surface area contributed by atoms with Crippen molar-refractivity contribution in [3.05, 3.63) is 80.5 Å². The average molecular weight is 338 g/mol. The monoisotopic (exact) mass is 338 g/mol. The molecule has 1 unspecified atom stereocenters. The average Bonchev–Trinajstić information content (AvgIpc) is 3.19. The standard InChI is InChI=1S/C23H14O3/c24-14-8-7-12-5-6-13-9-17-22-15-3-1-2-4-19(15)26-20(22)11-18(25)23(17)21(13)16(12)10-14/h1-11,14,24-25H. The van der Waals surface area contributed by atoms with Crippen LogP contribution in [0.1, 0.15) is 11.1 Å². The van der Waals surface area contributed by atoms with Crippen molar-refractivity contribution in [2.45, 2.75) is 6.10 Å². The summed E-state index contributed by atoms with van der Waals surface area (Å²) in [6.07, 6.45) is 7.03. The molecule has 0 radical (unpaired) electrons. The summed E-state index contributed by atoms with van der Waals surface area (Å²) in [5, 5.41) is 26.6. The largest absolute Gasteiger partial charge is 0.507 e. The maximum atomic E-state index is 10.8. The topological polar surface area (TPSA) is 53.6 Å². The molecule has 4 aromatic rings. The number of aliphatic hydroxyl groups is 1. The smallest absolute Gasteiger partial charge is 0.139 e. The first kappa shape index (κ1) is 13.9. The summed E-state index contributed by atoms with van der Waals surface area (Å²) in [5.74, 6) is 0.201. The van der Waals surface area contributed by atoms with E-state index in [4.69, 9.17) is 4.42 Å². The summed E-state index contributed by atoms with van der Waals surface area (Å²) in [6, 6.07) is 13.7.